The molecule has 4 saturated carbocycles. The summed E-state index contributed by atoms with van der Waals surface area (Å²) in [6.45, 7) is 1.29. The van der Waals surface area contributed by atoms with Gasteiger partial charge in [0.25, 0.3) is 0 Å². The Kier molecular flexibility index (Phi) is 17.1. The van der Waals surface area contributed by atoms with Gasteiger partial charge in [-0.05, 0) is 163 Å². The second-order valence-electron chi connectivity index (χ2n) is 24.7. The predicted octanol–water partition coefficient (Wildman–Crippen LogP) is 6.11. The molecule has 0 aromatic heterocycles. The Morgan fingerprint density at radius 1 is 0.439 bits per heavy atom. The summed E-state index contributed by atoms with van der Waals surface area (Å²) < 4.78 is 35.7. The summed E-state index contributed by atoms with van der Waals surface area (Å²) in [5, 5.41) is 58.0. The summed E-state index contributed by atoms with van der Waals surface area (Å²) in [7, 11) is 0. The lowest BCUT2D eigenvalue weighted by molar-refractivity contribution is -0.225. The number of esters is 4. The minimum atomic E-state index is -1.79. The van der Waals surface area contributed by atoms with E-state index in [-0.39, 0.29) is 24.4 Å². The van der Waals surface area contributed by atoms with E-state index in [1.165, 1.54) is 0 Å². The van der Waals surface area contributed by atoms with Gasteiger partial charge < -0.3 is 59.1 Å². The van der Waals surface area contributed by atoms with Gasteiger partial charge in [0.05, 0.1) is 41.7 Å². The number of ether oxygens (including phenoxy) is 6. The minimum Gasteiger partial charge on any atom is -0.481 e. The maximum atomic E-state index is 14.6. The molecule has 21 nitrogen and oxygen atoms in total. The van der Waals surface area contributed by atoms with Crippen molar-refractivity contribution in [3.8, 4) is 0 Å². The number of allylic oxidation sites excluding steroid dienone is 8. The number of carboxylic acids is 5. The van der Waals surface area contributed by atoms with E-state index in [9.17, 15) is 58.5 Å². The molecule has 446 valence electrons. The Morgan fingerprint density at radius 2 is 0.805 bits per heavy atom. The molecule has 12 rings (SSSR count). The first-order valence-electron chi connectivity index (χ1n) is 29.5. The standard InChI is InChI=1S/C42H52O14.C10H14O3.C9H10O4/c43-33(55-37(49)41(31-11-3-7-21-53-31)27-15-13-25(23-27)39(41,35(45)46)29-9-1-5-19-51-29)17-18-34(44)56-38(50)42(32-12-4-8-22-54-32)28-16-14-26(24-28)40(42,36(47)48)30-10-2-6-20-52-30;11-4-3-10(9(12)13)6-7-1-2-8(10)5-7;10-8(11)6-4-1-2-5(3-4)7(6)9(12)13/h13-18,25-32H,1-12,19-24H2,(H,45,46)(H,47,48);1-2,7-8,11H,3-6H2,(H,12,13);1-2,4-7H,3H2,(H,10,11)(H,12,13)/b18-17-;;. The maximum absolute atomic E-state index is 14.6. The SMILES string of the molecule is O=C(/C=C\C(=O)OC(=O)C1(C2CCCCO2)C2C=CC(C2)C1(C(=O)O)C1CCCCO1)OC(=O)C1(C2CCCCO2)C2C=CC(C2)C1(C(=O)O)C1CCCCO1.O=C(O)C1(CCO)CC2C=CC1C2.O=C(O)C1C2C=CC(C2)C1C(=O)O. The van der Waals surface area contributed by atoms with Gasteiger partial charge in [-0.3, -0.25) is 33.6 Å². The van der Waals surface area contributed by atoms with Crippen LogP contribution >= 0.6 is 0 Å². The fourth-order valence-electron chi connectivity index (χ4n) is 18.1. The Balaban J connectivity index is 0.000000234. The smallest absolute Gasteiger partial charge is 0.338 e. The molecule has 6 N–H and O–H groups in total. The van der Waals surface area contributed by atoms with Crippen LogP contribution in [0.1, 0.15) is 116 Å². The van der Waals surface area contributed by atoms with E-state index >= 15 is 0 Å². The van der Waals surface area contributed by atoms with Crippen molar-refractivity contribution < 1.29 is 102 Å². The van der Waals surface area contributed by atoms with E-state index in [1.807, 2.05) is 42.5 Å². The maximum Gasteiger partial charge on any atom is 0.338 e. The fourth-order valence-corrected chi connectivity index (χ4v) is 18.1. The van der Waals surface area contributed by atoms with Crippen LogP contribution in [-0.4, -0.2) is 142 Å². The summed E-state index contributed by atoms with van der Waals surface area (Å²) in [6, 6.07) is 0. The van der Waals surface area contributed by atoms with Crippen LogP contribution < -0.4 is 0 Å². The Bertz CT molecular complexity index is 2530. The zero-order chi connectivity index (χ0) is 58.4. The zero-order valence-electron chi connectivity index (χ0n) is 45.9. The Labute approximate surface area is 474 Å². The largest absolute Gasteiger partial charge is 0.481 e. The number of carbonyl (C=O) groups excluding carboxylic acids is 4. The first-order valence-corrected chi connectivity index (χ1v) is 29.5. The van der Waals surface area contributed by atoms with Crippen LogP contribution in [0.4, 0.5) is 0 Å². The number of hydrogen-bond acceptors (Lipinski definition) is 16. The minimum absolute atomic E-state index is 0.0244. The number of carbonyl (C=O) groups is 9. The van der Waals surface area contributed by atoms with Gasteiger partial charge >= 0.3 is 53.7 Å². The van der Waals surface area contributed by atoms with Gasteiger partial charge in [-0.25, -0.2) is 9.59 Å². The lowest BCUT2D eigenvalue weighted by Gasteiger charge is -2.54. The third kappa shape index (κ3) is 9.33. The topological polar surface area (TPSA) is 330 Å². The van der Waals surface area contributed by atoms with E-state index in [1.54, 1.807) is 0 Å². The molecule has 4 heterocycles. The third-order valence-electron chi connectivity index (χ3n) is 21.3. The van der Waals surface area contributed by atoms with Crippen molar-refractivity contribution in [1.29, 1.82) is 0 Å². The fraction of sp³-hybridized carbons (Fsp3) is 0.689. The quantitative estimate of drug-likeness (QED) is 0.0466. The lowest BCUT2D eigenvalue weighted by atomic mass is 9.51. The summed E-state index contributed by atoms with van der Waals surface area (Å²) in [6.07, 6.45) is 24.0. The van der Waals surface area contributed by atoms with Crippen molar-refractivity contribution in [1.82, 2.24) is 0 Å². The molecule has 4 saturated heterocycles. The molecule has 82 heavy (non-hydrogen) atoms. The van der Waals surface area contributed by atoms with Crippen molar-refractivity contribution in [3.05, 3.63) is 60.8 Å². The molecule has 21 heteroatoms. The molecular formula is C61H76O21. The molecular weight excluding hydrogens is 1070 g/mol. The number of aliphatic hydroxyl groups excluding tert-OH is 1. The normalized spacial score (nSPS) is 42.3. The molecule has 12 aliphatic rings. The highest BCUT2D eigenvalue weighted by Crippen LogP contribution is 2.71. The molecule has 8 fully saturated rings. The van der Waals surface area contributed by atoms with Crippen molar-refractivity contribution in [3.63, 3.8) is 0 Å². The highest BCUT2D eigenvalue weighted by Gasteiger charge is 2.81. The molecule has 0 radical (unpaired) electrons. The van der Waals surface area contributed by atoms with Crippen LogP contribution in [0.5, 0.6) is 0 Å². The van der Waals surface area contributed by atoms with Crippen LogP contribution in [-0.2, 0) is 71.6 Å². The molecule has 19 unspecified atom stereocenters. The van der Waals surface area contributed by atoms with E-state index < -0.39 is 141 Å². The molecule has 0 aromatic rings. The first-order chi connectivity index (χ1) is 39.4. The monoisotopic (exact) mass is 1140 g/mol. The van der Waals surface area contributed by atoms with Gasteiger partial charge in [-0.1, -0.05) is 48.6 Å². The average molecular weight is 1150 g/mol. The van der Waals surface area contributed by atoms with Crippen molar-refractivity contribution in [2.24, 2.45) is 86.3 Å². The molecule has 19 atom stereocenters. The van der Waals surface area contributed by atoms with Crippen LogP contribution in [0.25, 0.3) is 0 Å². The van der Waals surface area contributed by atoms with Crippen molar-refractivity contribution in [2.75, 3.05) is 33.0 Å². The number of fused-ring (bicyclic) bond motifs is 8. The van der Waals surface area contributed by atoms with E-state index in [0.717, 1.165) is 32.1 Å². The second-order valence-corrected chi connectivity index (χ2v) is 24.7. The van der Waals surface area contributed by atoms with Crippen LogP contribution in [0, 0.1) is 86.3 Å². The number of aliphatic hydroxyl groups is 1. The first kappa shape index (κ1) is 59.3. The summed E-state index contributed by atoms with van der Waals surface area (Å²) >= 11 is 0. The van der Waals surface area contributed by atoms with Crippen molar-refractivity contribution in [2.45, 2.75) is 140 Å². The molecule has 8 bridgehead atoms. The van der Waals surface area contributed by atoms with Crippen LogP contribution in [0.2, 0.25) is 0 Å². The van der Waals surface area contributed by atoms with Gasteiger partial charge in [0, 0.05) is 45.2 Å². The average Bonchev–Trinajstić information content (AvgIpc) is 1.59. The van der Waals surface area contributed by atoms with Gasteiger partial charge in [0.2, 0.25) is 0 Å². The third-order valence-corrected chi connectivity index (χ3v) is 21.3. The summed E-state index contributed by atoms with van der Waals surface area (Å²) in [5.74, 6) is -13.0. The second kappa shape index (κ2) is 23.6. The lowest BCUT2D eigenvalue weighted by Crippen LogP contribution is -2.67. The number of aliphatic carboxylic acids is 5. The van der Waals surface area contributed by atoms with Gasteiger partial charge in [-0.15, -0.1) is 0 Å². The predicted molar refractivity (Wildman–Crippen MR) is 282 cm³/mol. The Hall–Kier alpha value is -5.87. The molecule has 0 spiro atoms. The highest BCUT2D eigenvalue weighted by atomic mass is 16.6. The van der Waals surface area contributed by atoms with E-state index in [2.05, 4.69) is 6.08 Å². The molecule has 4 aliphatic heterocycles. The van der Waals surface area contributed by atoms with Crippen LogP contribution in [0.15, 0.2) is 60.8 Å². The van der Waals surface area contributed by atoms with Gasteiger partial charge in [0.15, 0.2) is 0 Å². The number of hydrogen-bond donors (Lipinski definition) is 6. The Morgan fingerprint density at radius 3 is 1.10 bits per heavy atom. The van der Waals surface area contributed by atoms with E-state index in [0.29, 0.717) is 128 Å². The number of carboxylic acid groups (broad SMARTS) is 5. The van der Waals surface area contributed by atoms with Gasteiger partial charge in [0.1, 0.15) is 21.7 Å². The van der Waals surface area contributed by atoms with Crippen molar-refractivity contribution >= 4 is 53.7 Å². The van der Waals surface area contributed by atoms with E-state index in [4.69, 9.17) is 43.7 Å². The highest BCUT2D eigenvalue weighted by molar-refractivity contribution is 6.03. The molecule has 0 amide bonds. The summed E-state index contributed by atoms with van der Waals surface area (Å²) in [4.78, 5) is 116. The van der Waals surface area contributed by atoms with Crippen LogP contribution in [0.3, 0.4) is 0 Å². The summed E-state index contributed by atoms with van der Waals surface area (Å²) in [5.41, 5.74) is -7.75. The number of rotatable bonds is 15. The zero-order valence-corrected chi connectivity index (χ0v) is 45.9. The molecule has 0 aromatic carbocycles. The molecule has 8 aliphatic carbocycles. The van der Waals surface area contributed by atoms with Gasteiger partial charge in [-0.2, -0.15) is 0 Å².